The highest BCUT2D eigenvalue weighted by Gasteiger charge is 2.37. The summed E-state index contributed by atoms with van der Waals surface area (Å²) in [5.41, 5.74) is 4.35. The first-order valence-electron chi connectivity index (χ1n) is 9.28. The van der Waals surface area contributed by atoms with Crippen molar-refractivity contribution in [1.29, 1.82) is 0 Å². The minimum Gasteiger partial charge on any atom is -0.352 e. The standard InChI is InChI=1S/C20H29N3O2.ClH/c1-12-8-13(2)19(14(3)9-12)23-11-16(10-18(23)24)20(25)22-17-6-5-7-21-15(17)4;/h8-9,15-17,21H,5-7,10-11H2,1-4H3,(H,22,25);1H. The molecule has 1 aromatic rings. The van der Waals surface area contributed by atoms with E-state index in [4.69, 9.17) is 0 Å². The molecule has 0 bridgehead atoms. The topological polar surface area (TPSA) is 61.4 Å². The molecular formula is C20H30ClN3O2. The molecule has 0 aromatic heterocycles. The van der Waals surface area contributed by atoms with Gasteiger partial charge in [-0.1, -0.05) is 17.7 Å². The molecule has 0 radical (unpaired) electrons. The molecule has 0 spiro atoms. The molecule has 2 amide bonds. The Kier molecular flexibility index (Phi) is 6.69. The van der Waals surface area contributed by atoms with E-state index in [1.54, 1.807) is 4.90 Å². The highest BCUT2D eigenvalue weighted by molar-refractivity contribution is 6.01. The van der Waals surface area contributed by atoms with Crippen molar-refractivity contribution in [2.75, 3.05) is 18.0 Å². The lowest BCUT2D eigenvalue weighted by Crippen LogP contribution is -2.53. The zero-order valence-electron chi connectivity index (χ0n) is 16.1. The van der Waals surface area contributed by atoms with Gasteiger partial charge in [-0.2, -0.15) is 0 Å². The molecule has 2 saturated heterocycles. The molecule has 2 N–H and O–H groups in total. The second-order valence-electron chi connectivity index (χ2n) is 7.65. The average molecular weight is 380 g/mol. The molecule has 2 aliphatic heterocycles. The Morgan fingerprint density at radius 1 is 1.23 bits per heavy atom. The quantitative estimate of drug-likeness (QED) is 0.848. The lowest BCUT2D eigenvalue weighted by molar-refractivity contribution is -0.127. The monoisotopic (exact) mass is 379 g/mol. The van der Waals surface area contributed by atoms with Crippen molar-refractivity contribution < 1.29 is 9.59 Å². The highest BCUT2D eigenvalue weighted by Crippen LogP contribution is 2.32. The Bertz CT molecular complexity index is 669. The van der Waals surface area contributed by atoms with E-state index in [1.807, 2.05) is 13.8 Å². The van der Waals surface area contributed by atoms with Crippen LogP contribution < -0.4 is 15.5 Å². The summed E-state index contributed by atoms with van der Waals surface area (Å²) < 4.78 is 0. The molecule has 3 rings (SSSR count). The van der Waals surface area contributed by atoms with Crippen molar-refractivity contribution >= 4 is 29.9 Å². The van der Waals surface area contributed by atoms with Crippen LogP contribution in [-0.2, 0) is 9.59 Å². The summed E-state index contributed by atoms with van der Waals surface area (Å²) in [5, 5.41) is 6.56. The van der Waals surface area contributed by atoms with Crippen LogP contribution in [0.5, 0.6) is 0 Å². The van der Waals surface area contributed by atoms with Gasteiger partial charge in [0.25, 0.3) is 0 Å². The summed E-state index contributed by atoms with van der Waals surface area (Å²) in [5.74, 6) is -0.203. The number of piperidine rings is 1. The van der Waals surface area contributed by atoms with E-state index in [0.29, 0.717) is 13.0 Å². The third-order valence-corrected chi connectivity index (χ3v) is 5.49. The largest absolute Gasteiger partial charge is 0.352 e. The van der Waals surface area contributed by atoms with Crippen molar-refractivity contribution in [3.05, 3.63) is 28.8 Å². The van der Waals surface area contributed by atoms with E-state index in [-0.39, 0.29) is 42.2 Å². The third-order valence-electron chi connectivity index (χ3n) is 5.49. The number of nitrogens with one attached hydrogen (secondary N) is 2. The zero-order valence-corrected chi connectivity index (χ0v) is 16.9. The number of nitrogens with zero attached hydrogens (tertiary/aromatic N) is 1. The van der Waals surface area contributed by atoms with E-state index in [9.17, 15) is 9.59 Å². The van der Waals surface area contributed by atoms with Gasteiger partial charge >= 0.3 is 0 Å². The highest BCUT2D eigenvalue weighted by atomic mass is 35.5. The number of hydrogen-bond acceptors (Lipinski definition) is 3. The molecule has 26 heavy (non-hydrogen) atoms. The normalized spacial score (nSPS) is 25.8. The fourth-order valence-electron chi connectivity index (χ4n) is 4.24. The first-order valence-corrected chi connectivity index (χ1v) is 9.28. The minimum absolute atomic E-state index is 0. The molecule has 2 heterocycles. The van der Waals surface area contributed by atoms with Gasteiger partial charge in [0.15, 0.2) is 0 Å². The van der Waals surface area contributed by atoms with Crippen molar-refractivity contribution in [1.82, 2.24) is 10.6 Å². The molecule has 5 nitrogen and oxygen atoms in total. The van der Waals surface area contributed by atoms with Crippen LogP contribution in [0.4, 0.5) is 5.69 Å². The predicted octanol–water partition coefficient (Wildman–Crippen LogP) is 2.64. The number of carbonyl (C=O) groups is 2. The molecule has 0 aliphatic carbocycles. The first kappa shape index (κ1) is 20.7. The van der Waals surface area contributed by atoms with Gasteiger partial charge in [0.2, 0.25) is 11.8 Å². The minimum atomic E-state index is -0.262. The Balaban J connectivity index is 0.00000243. The van der Waals surface area contributed by atoms with Crippen LogP contribution in [0.2, 0.25) is 0 Å². The van der Waals surface area contributed by atoms with Crippen LogP contribution in [-0.4, -0.2) is 37.0 Å². The first-order chi connectivity index (χ1) is 11.9. The number of rotatable bonds is 3. The molecule has 1 aromatic carbocycles. The number of anilines is 1. The van der Waals surface area contributed by atoms with E-state index >= 15 is 0 Å². The summed E-state index contributed by atoms with van der Waals surface area (Å²) in [6.07, 6.45) is 2.38. The van der Waals surface area contributed by atoms with Gasteiger partial charge in [0.05, 0.1) is 5.92 Å². The summed E-state index contributed by atoms with van der Waals surface area (Å²) >= 11 is 0. The number of carbonyl (C=O) groups excluding carboxylic acids is 2. The second kappa shape index (κ2) is 8.40. The molecule has 2 aliphatic rings. The molecular weight excluding hydrogens is 350 g/mol. The maximum absolute atomic E-state index is 12.7. The molecule has 144 valence electrons. The lowest BCUT2D eigenvalue weighted by Gasteiger charge is -2.31. The van der Waals surface area contributed by atoms with Gasteiger partial charge in [-0.05, 0) is 58.2 Å². The number of benzene rings is 1. The van der Waals surface area contributed by atoms with E-state index in [2.05, 4.69) is 36.6 Å². The maximum Gasteiger partial charge on any atom is 0.227 e. The lowest BCUT2D eigenvalue weighted by atomic mass is 9.98. The summed E-state index contributed by atoms with van der Waals surface area (Å²) in [4.78, 5) is 27.1. The van der Waals surface area contributed by atoms with E-state index < -0.39 is 0 Å². The van der Waals surface area contributed by atoms with Gasteiger partial charge in [-0.3, -0.25) is 9.59 Å². The summed E-state index contributed by atoms with van der Waals surface area (Å²) in [6, 6.07) is 4.64. The van der Waals surface area contributed by atoms with Crippen molar-refractivity contribution in [2.24, 2.45) is 5.92 Å². The van der Waals surface area contributed by atoms with E-state index in [0.717, 1.165) is 36.2 Å². The zero-order chi connectivity index (χ0) is 18.1. The van der Waals surface area contributed by atoms with Crippen LogP contribution in [0.3, 0.4) is 0 Å². The molecule has 2 fully saturated rings. The molecule has 3 unspecified atom stereocenters. The number of aryl methyl sites for hydroxylation is 3. The second-order valence-corrected chi connectivity index (χ2v) is 7.65. The molecule has 0 saturated carbocycles. The van der Waals surface area contributed by atoms with Crippen LogP contribution in [0.15, 0.2) is 12.1 Å². The number of hydrogen-bond donors (Lipinski definition) is 2. The molecule has 3 atom stereocenters. The Morgan fingerprint density at radius 3 is 2.50 bits per heavy atom. The third kappa shape index (κ3) is 4.21. The van der Waals surface area contributed by atoms with Crippen LogP contribution in [0, 0.1) is 26.7 Å². The SMILES string of the molecule is Cc1cc(C)c(N2CC(C(=O)NC3CCCNC3C)CC2=O)c(C)c1.Cl. The van der Waals surface area contributed by atoms with Crippen LogP contribution in [0.1, 0.15) is 42.9 Å². The number of amides is 2. The van der Waals surface area contributed by atoms with Gasteiger partial charge in [-0.15, -0.1) is 12.4 Å². The van der Waals surface area contributed by atoms with E-state index in [1.165, 1.54) is 5.56 Å². The van der Waals surface area contributed by atoms with Crippen LogP contribution in [0.25, 0.3) is 0 Å². The summed E-state index contributed by atoms with van der Waals surface area (Å²) in [6.45, 7) is 9.72. The fourth-order valence-corrected chi connectivity index (χ4v) is 4.24. The summed E-state index contributed by atoms with van der Waals surface area (Å²) in [7, 11) is 0. The molecule has 6 heteroatoms. The fraction of sp³-hybridized carbons (Fsp3) is 0.600. The smallest absolute Gasteiger partial charge is 0.227 e. The Morgan fingerprint density at radius 2 is 1.88 bits per heavy atom. The Labute approximate surface area is 162 Å². The van der Waals surface area contributed by atoms with Gasteiger partial charge in [0.1, 0.15) is 0 Å². The van der Waals surface area contributed by atoms with Gasteiger partial charge in [-0.25, -0.2) is 0 Å². The average Bonchev–Trinajstić information content (AvgIpc) is 2.90. The van der Waals surface area contributed by atoms with Gasteiger partial charge in [0, 0.05) is 30.7 Å². The maximum atomic E-state index is 12.7. The van der Waals surface area contributed by atoms with Crippen molar-refractivity contribution in [3.63, 3.8) is 0 Å². The number of halogens is 1. The Hall–Kier alpha value is -1.59. The predicted molar refractivity (Wildman–Crippen MR) is 107 cm³/mol. The van der Waals surface area contributed by atoms with Crippen molar-refractivity contribution in [2.45, 2.75) is 59.0 Å². The van der Waals surface area contributed by atoms with Crippen molar-refractivity contribution in [3.8, 4) is 0 Å². The van der Waals surface area contributed by atoms with Gasteiger partial charge < -0.3 is 15.5 Å². The van der Waals surface area contributed by atoms with Crippen LogP contribution >= 0.6 is 12.4 Å².